The number of alkyl halides is 3. The first kappa shape index (κ1) is 15.2. The molecule has 0 unspecified atom stereocenters. The fraction of sp³-hybridized carbons (Fsp3) is 0.0769. The van der Waals surface area contributed by atoms with Crippen LogP contribution in [0.15, 0.2) is 48.5 Å². The first-order valence-corrected chi connectivity index (χ1v) is 5.82. The molecule has 110 valence electrons. The topological polar surface area (TPSA) is 58.9 Å². The van der Waals surface area contributed by atoms with Gasteiger partial charge >= 0.3 is 13.5 Å². The van der Waals surface area contributed by atoms with Crippen LogP contribution in [0.5, 0.6) is 17.2 Å². The molecule has 0 atom stereocenters. The molecule has 2 aromatic carbocycles. The Morgan fingerprint density at radius 1 is 0.857 bits per heavy atom. The van der Waals surface area contributed by atoms with Gasteiger partial charge in [0.15, 0.2) is 0 Å². The molecule has 0 fully saturated rings. The van der Waals surface area contributed by atoms with Gasteiger partial charge in [-0.3, -0.25) is 0 Å². The van der Waals surface area contributed by atoms with Gasteiger partial charge in [-0.15, -0.1) is 0 Å². The summed E-state index contributed by atoms with van der Waals surface area (Å²) < 4.78 is 47.6. The lowest BCUT2D eigenvalue weighted by Crippen LogP contribution is -2.20. The lowest BCUT2D eigenvalue weighted by molar-refractivity contribution is -0.137. The first-order valence-electron chi connectivity index (χ1n) is 5.82. The van der Waals surface area contributed by atoms with Crippen molar-refractivity contribution in [1.29, 1.82) is 0 Å². The van der Waals surface area contributed by atoms with E-state index in [0.717, 1.165) is 12.1 Å². The second-order valence-electron chi connectivity index (χ2n) is 4.04. The summed E-state index contributed by atoms with van der Waals surface area (Å²) in [5.74, 6) is 0.510. The second kappa shape index (κ2) is 6.07. The number of hydrogen-bond donors (Lipinski definition) is 2. The van der Waals surface area contributed by atoms with Crippen molar-refractivity contribution in [3.8, 4) is 17.2 Å². The Kier molecular flexibility index (Phi) is 4.39. The second-order valence-corrected chi connectivity index (χ2v) is 4.04. The van der Waals surface area contributed by atoms with Crippen molar-refractivity contribution in [3.63, 3.8) is 0 Å². The van der Waals surface area contributed by atoms with Gasteiger partial charge in [-0.25, -0.2) is 0 Å². The van der Waals surface area contributed by atoms with Crippen molar-refractivity contribution in [2.75, 3.05) is 0 Å². The number of benzene rings is 2. The maximum atomic E-state index is 12.6. The van der Waals surface area contributed by atoms with E-state index >= 15 is 0 Å². The fourth-order valence-electron chi connectivity index (χ4n) is 1.58. The maximum absolute atomic E-state index is 12.6. The molecular weight excluding hydrogens is 288 g/mol. The summed E-state index contributed by atoms with van der Waals surface area (Å²) in [6, 6.07) is 10.1. The van der Waals surface area contributed by atoms with Crippen molar-refractivity contribution in [1.82, 2.24) is 0 Å². The van der Waals surface area contributed by atoms with Crippen LogP contribution >= 0.6 is 0 Å². The molecule has 0 aliphatic rings. The van der Waals surface area contributed by atoms with Crippen molar-refractivity contribution >= 4 is 7.32 Å². The minimum absolute atomic E-state index is 0.0423. The zero-order chi connectivity index (χ0) is 15.5. The Labute approximate surface area is 118 Å². The van der Waals surface area contributed by atoms with E-state index in [0.29, 0.717) is 0 Å². The van der Waals surface area contributed by atoms with Crippen LogP contribution in [0.25, 0.3) is 0 Å². The van der Waals surface area contributed by atoms with E-state index in [4.69, 9.17) is 14.8 Å². The Hall–Kier alpha value is -2.19. The van der Waals surface area contributed by atoms with Crippen LogP contribution in [0.1, 0.15) is 5.56 Å². The molecule has 2 N–H and O–H groups in total. The van der Waals surface area contributed by atoms with Gasteiger partial charge in [0.2, 0.25) is 0 Å². The minimum atomic E-state index is -4.44. The van der Waals surface area contributed by atoms with Crippen molar-refractivity contribution in [2.45, 2.75) is 6.18 Å². The predicted octanol–water partition coefficient (Wildman–Crippen LogP) is 2.85. The van der Waals surface area contributed by atoms with E-state index in [1.807, 2.05) is 0 Å². The number of halogens is 3. The highest BCUT2D eigenvalue weighted by Gasteiger charge is 2.30. The largest absolute Gasteiger partial charge is 0.707 e. The molecule has 0 aromatic heterocycles. The van der Waals surface area contributed by atoms with Crippen LogP contribution in [0, 0.1) is 0 Å². The van der Waals surface area contributed by atoms with Crippen LogP contribution in [0.3, 0.4) is 0 Å². The van der Waals surface area contributed by atoms with Crippen molar-refractivity contribution < 1.29 is 32.6 Å². The normalized spacial score (nSPS) is 11.1. The molecule has 0 saturated carbocycles. The monoisotopic (exact) mass is 298 g/mol. The van der Waals surface area contributed by atoms with E-state index < -0.39 is 19.1 Å². The molecule has 2 aromatic rings. The minimum Gasteiger partial charge on any atom is -0.512 e. The SMILES string of the molecule is OB(O)Oc1ccc(Oc2cccc(C(F)(F)F)c2)cc1. The van der Waals surface area contributed by atoms with Gasteiger partial charge < -0.3 is 19.4 Å². The molecule has 8 heteroatoms. The molecule has 0 aliphatic carbocycles. The zero-order valence-electron chi connectivity index (χ0n) is 10.5. The van der Waals surface area contributed by atoms with Gasteiger partial charge in [-0.2, -0.15) is 13.2 Å². The number of ether oxygens (including phenoxy) is 1. The van der Waals surface area contributed by atoms with Gasteiger partial charge in [0.1, 0.15) is 17.2 Å². The standard InChI is InChI=1S/C13H10BF3O4/c15-13(16,17)9-2-1-3-12(8-9)20-10-4-6-11(7-5-10)21-14(18)19/h1-8,18-19H. The Balaban J connectivity index is 2.11. The van der Waals surface area contributed by atoms with E-state index in [-0.39, 0.29) is 17.2 Å². The van der Waals surface area contributed by atoms with E-state index in [1.165, 1.54) is 36.4 Å². The lowest BCUT2D eigenvalue weighted by Gasteiger charge is -2.10. The van der Waals surface area contributed by atoms with E-state index in [2.05, 4.69) is 4.65 Å². The molecule has 0 radical (unpaired) electrons. The lowest BCUT2D eigenvalue weighted by atomic mass is 10.2. The van der Waals surface area contributed by atoms with Crippen LogP contribution in [-0.2, 0) is 6.18 Å². The highest BCUT2D eigenvalue weighted by Crippen LogP contribution is 2.32. The van der Waals surface area contributed by atoms with Gasteiger partial charge in [0.25, 0.3) is 0 Å². The molecule has 0 saturated heterocycles. The number of rotatable bonds is 4. The highest BCUT2D eigenvalue weighted by molar-refractivity contribution is 6.33. The smallest absolute Gasteiger partial charge is 0.512 e. The summed E-state index contributed by atoms with van der Waals surface area (Å²) in [7, 11) is -1.94. The Morgan fingerprint density at radius 2 is 1.48 bits per heavy atom. The maximum Gasteiger partial charge on any atom is 0.707 e. The molecule has 0 amide bonds. The molecule has 21 heavy (non-hydrogen) atoms. The molecule has 0 aliphatic heterocycles. The molecule has 0 bridgehead atoms. The summed E-state index contributed by atoms with van der Waals surface area (Å²) in [5, 5.41) is 17.2. The summed E-state index contributed by atoms with van der Waals surface area (Å²) in [5.41, 5.74) is -0.802. The van der Waals surface area contributed by atoms with Crippen molar-refractivity contribution in [2.24, 2.45) is 0 Å². The average Bonchev–Trinajstić information content (AvgIpc) is 2.40. The Morgan fingerprint density at radius 3 is 2.05 bits per heavy atom. The van der Waals surface area contributed by atoms with Crippen LogP contribution in [-0.4, -0.2) is 17.4 Å². The van der Waals surface area contributed by atoms with Gasteiger partial charge in [0, 0.05) is 0 Å². The zero-order valence-corrected chi connectivity index (χ0v) is 10.5. The third-order valence-corrected chi connectivity index (χ3v) is 2.46. The highest BCUT2D eigenvalue weighted by atomic mass is 19.4. The molecule has 0 heterocycles. The quantitative estimate of drug-likeness (QED) is 0.852. The fourth-order valence-corrected chi connectivity index (χ4v) is 1.58. The van der Waals surface area contributed by atoms with Crippen LogP contribution in [0.2, 0.25) is 0 Å². The number of hydrogen-bond acceptors (Lipinski definition) is 4. The summed E-state index contributed by atoms with van der Waals surface area (Å²) in [6.45, 7) is 0. The molecular formula is C13H10BF3O4. The summed E-state index contributed by atoms with van der Waals surface area (Å²) in [4.78, 5) is 0. The van der Waals surface area contributed by atoms with Gasteiger partial charge in [0.05, 0.1) is 5.56 Å². The van der Waals surface area contributed by atoms with Gasteiger partial charge in [-0.05, 0) is 42.5 Å². The van der Waals surface area contributed by atoms with E-state index in [1.54, 1.807) is 0 Å². The third-order valence-electron chi connectivity index (χ3n) is 2.46. The third kappa shape index (κ3) is 4.40. The molecule has 0 spiro atoms. The predicted molar refractivity (Wildman–Crippen MR) is 68.8 cm³/mol. The van der Waals surface area contributed by atoms with Gasteiger partial charge in [-0.1, -0.05) is 6.07 Å². The van der Waals surface area contributed by atoms with Crippen molar-refractivity contribution in [3.05, 3.63) is 54.1 Å². The molecule has 2 rings (SSSR count). The summed E-state index contributed by atoms with van der Waals surface area (Å²) in [6.07, 6.45) is -4.44. The first-order chi connectivity index (χ1) is 9.84. The molecule has 4 nitrogen and oxygen atoms in total. The summed E-state index contributed by atoms with van der Waals surface area (Å²) >= 11 is 0. The Bertz CT molecular complexity index is 599. The van der Waals surface area contributed by atoms with Crippen LogP contribution in [0.4, 0.5) is 13.2 Å². The van der Waals surface area contributed by atoms with Crippen LogP contribution < -0.4 is 9.39 Å². The van der Waals surface area contributed by atoms with E-state index in [9.17, 15) is 13.2 Å². The average molecular weight is 298 g/mol.